The summed E-state index contributed by atoms with van der Waals surface area (Å²) in [5, 5.41) is 0. The number of hydrogen-bond acceptors (Lipinski definition) is 6. The summed E-state index contributed by atoms with van der Waals surface area (Å²) < 4.78 is 6.71. The fraction of sp³-hybridized carbons (Fsp3) is 0.161. The molecule has 3 aliphatic rings. The summed E-state index contributed by atoms with van der Waals surface area (Å²) in [6, 6.07) is 19.2. The average Bonchev–Trinajstić information content (AvgIpc) is 3.44. The smallest absolute Gasteiger partial charge is 0.240 e. The Hall–Kier alpha value is -3.82. The zero-order valence-electron chi connectivity index (χ0n) is 21.2. The number of carbonyl (C=O) groups excluding carboxylic acids is 4. The van der Waals surface area contributed by atoms with Crippen molar-refractivity contribution in [1.82, 2.24) is 4.90 Å². The van der Waals surface area contributed by atoms with Crippen LogP contribution in [0.2, 0.25) is 0 Å². The largest absolute Gasteiger partial charge is 0.496 e. The predicted octanol–water partition coefficient (Wildman–Crippen LogP) is 5.60. The molecule has 2 amide bonds. The van der Waals surface area contributed by atoms with Gasteiger partial charge in [-0.1, -0.05) is 52.3 Å². The van der Waals surface area contributed by atoms with E-state index in [9.17, 15) is 19.2 Å². The molecule has 9 heteroatoms. The maximum absolute atomic E-state index is 14.1. The zero-order valence-corrected chi connectivity index (χ0v) is 24.3. The van der Waals surface area contributed by atoms with Crippen LogP contribution in [0, 0.1) is 11.8 Å². The maximum atomic E-state index is 14.1. The van der Waals surface area contributed by atoms with Crippen molar-refractivity contribution in [2.24, 2.45) is 11.8 Å². The molecule has 3 aliphatic heterocycles. The number of rotatable bonds is 6. The number of imide groups is 1. The molecule has 0 aromatic heterocycles. The Kier molecular flexibility index (Phi) is 6.80. The Morgan fingerprint density at radius 2 is 1.55 bits per heavy atom. The highest BCUT2D eigenvalue weighted by Crippen LogP contribution is 2.47. The minimum Gasteiger partial charge on any atom is -0.496 e. The lowest BCUT2D eigenvalue weighted by Crippen LogP contribution is -2.46. The minimum absolute atomic E-state index is 0.191. The average molecular weight is 662 g/mol. The van der Waals surface area contributed by atoms with Gasteiger partial charge in [-0.3, -0.25) is 19.2 Å². The van der Waals surface area contributed by atoms with Crippen LogP contribution in [0.1, 0.15) is 20.7 Å². The summed E-state index contributed by atoms with van der Waals surface area (Å²) in [6.45, 7) is 0. The summed E-state index contributed by atoms with van der Waals surface area (Å²) in [7, 11) is 1.53. The van der Waals surface area contributed by atoms with E-state index in [-0.39, 0.29) is 11.6 Å². The van der Waals surface area contributed by atoms with E-state index >= 15 is 0 Å². The van der Waals surface area contributed by atoms with E-state index in [1.807, 2.05) is 6.07 Å². The Morgan fingerprint density at radius 3 is 2.23 bits per heavy atom. The van der Waals surface area contributed by atoms with Crippen molar-refractivity contribution in [1.29, 1.82) is 0 Å². The molecule has 6 rings (SSSR count). The first-order valence-electron chi connectivity index (χ1n) is 12.6. The SMILES string of the molecule is COc1ccc(C(=O)[C@@H]2[C@@H]3C(=O)N(c4ccc(Br)cc4)C(=O)[C@H]3[C@H]3C=C(C(=O)c4ccccc4)C=CN32)cc1Br. The highest BCUT2D eigenvalue weighted by molar-refractivity contribution is 9.10. The lowest BCUT2D eigenvalue weighted by atomic mass is 9.85. The quantitative estimate of drug-likeness (QED) is 0.253. The normalized spacial score (nSPS) is 23.1. The number of benzene rings is 3. The van der Waals surface area contributed by atoms with Crippen LogP contribution < -0.4 is 9.64 Å². The second kappa shape index (κ2) is 10.3. The molecule has 0 aliphatic carbocycles. The third kappa shape index (κ3) is 4.24. The van der Waals surface area contributed by atoms with Gasteiger partial charge in [0.2, 0.25) is 11.8 Å². The van der Waals surface area contributed by atoms with Gasteiger partial charge in [0, 0.05) is 27.4 Å². The number of methoxy groups -OCH3 is 1. The molecule has 200 valence electrons. The monoisotopic (exact) mass is 660 g/mol. The van der Waals surface area contributed by atoms with Crippen molar-refractivity contribution in [3.05, 3.63) is 117 Å². The minimum atomic E-state index is -0.937. The number of amides is 2. The van der Waals surface area contributed by atoms with Crippen molar-refractivity contribution >= 4 is 60.9 Å². The van der Waals surface area contributed by atoms with Crippen molar-refractivity contribution in [2.75, 3.05) is 12.0 Å². The predicted molar refractivity (Wildman–Crippen MR) is 156 cm³/mol. The molecule has 3 aromatic rings. The molecule has 0 saturated carbocycles. The molecule has 7 nitrogen and oxygen atoms in total. The summed E-state index contributed by atoms with van der Waals surface area (Å²) >= 11 is 6.83. The molecule has 2 saturated heterocycles. The fourth-order valence-corrected chi connectivity index (χ4v) is 6.59. The van der Waals surface area contributed by atoms with Gasteiger partial charge in [0.05, 0.1) is 35.1 Å². The van der Waals surface area contributed by atoms with E-state index in [4.69, 9.17) is 4.74 Å². The fourth-order valence-electron chi connectivity index (χ4n) is 5.79. The van der Waals surface area contributed by atoms with Gasteiger partial charge in [-0.15, -0.1) is 0 Å². The molecular formula is C31H22Br2N2O5. The van der Waals surface area contributed by atoms with Crippen molar-refractivity contribution in [3.8, 4) is 5.75 Å². The van der Waals surface area contributed by atoms with E-state index in [1.165, 1.54) is 12.0 Å². The lowest BCUT2D eigenvalue weighted by molar-refractivity contribution is -0.123. The highest BCUT2D eigenvalue weighted by atomic mass is 79.9. The first-order chi connectivity index (χ1) is 19.3. The van der Waals surface area contributed by atoms with Crippen LogP contribution in [0.3, 0.4) is 0 Å². The van der Waals surface area contributed by atoms with Gasteiger partial charge in [0.1, 0.15) is 11.8 Å². The van der Waals surface area contributed by atoms with Crippen molar-refractivity contribution in [2.45, 2.75) is 12.1 Å². The number of nitrogens with zero attached hydrogens (tertiary/aromatic N) is 2. The second-order valence-electron chi connectivity index (χ2n) is 9.77. The third-order valence-electron chi connectivity index (χ3n) is 7.64. The lowest BCUT2D eigenvalue weighted by Gasteiger charge is -2.33. The number of carbonyl (C=O) groups is 4. The molecule has 3 heterocycles. The van der Waals surface area contributed by atoms with Crippen LogP contribution in [-0.4, -0.2) is 47.5 Å². The summed E-state index contributed by atoms with van der Waals surface area (Å²) in [5.74, 6) is -2.51. The number of fused-ring (bicyclic) bond motifs is 3. The first-order valence-corrected chi connectivity index (χ1v) is 14.2. The number of ketones is 2. The number of allylic oxidation sites excluding steroid dienone is 2. The molecule has 3 aromatic carbocycles. The Morgan fingerprint density at radius 1 is 0.850 bits per heavy atom. The van der Waals surface area contributed by atoms with E-state index in [0.29, 0.717) is 32.6 Å². The van der Waals surface area contributed by atoms with Crippen LogP contribution in [0.15, 0.2) is 106 Å². The molecule has 0 N–H and O–H groups in total. The highest BCUT2D eigenvalue weighted by Gasteiger charge is 2.63. The number of ether oxygens (including phenoxy) is 1. The molecule has 40 heavy (non-hydrogen) atoms. The van der Waals surface area contributed by atoms with Crippen molar-refractivity contribution < 1.29 is 23.9 Å². The molecular weight excluding hydrogens is 640 g/mol. The first kappa shape index (κ1) is 26.4. The number of hydrogen-bond donors (Lipinski definition) is 0. The van der Waals surface area contributed by atoms with E-state index in [1.54, 1.807) is 90.0 Å². The molecule has 2 fully saturated rings. The van der Waals surface area contributed by atoms with Crippen LogP contribution in [-0.2, 0) is 9.59 Å². The molecule has 4 atom stereocenters. The summed E-state index contributed by atoms with van der Waals surface area (Å²) in [4.78, 5) is 58.2. The third-order valence-corrected chi connectivity index (χ3v) is 8.78. The summed E-state index contributed by atoms with van der Waals surface area (Å²) in [5.41, 5.74) is 1.74. The van der Waals surface area contributed by atoms with E-state index in [0.717, 1.165) is 4.47 Å². The van der Waals surface area contributed by atoms with Gasteiger partial charge in [-0.25, -0.2) is 4.90 Å². The van der Waals surface area contributed by atoms with Gasteiger partial charge in [-0.2, -0.15) is 0 Å². The topological polar surface area (TPSA) is 84.0 Å². The molecule has 0 spiro atoms. The maximum Gasteiger partial charge on any atom is 0.240 e. The van der Waals surface area contributed by atoms with Gasteiger partial charge in [0.15, 0.2) is 11.6 Å². The second-order valence-corrected chi connectivity index (χ2v) is 11.5. The van der Waals surface area contributed by atoms with Crippen LogP contribution in [0.4, 0.5) is 5.69 Å². The van der Waals surface area contributed by atoms with Crippen LogP contribution in [0.25, 0.3) is 0 Å². The van der Waals surface area contributed by atoms with Gasteiger partial charge in [-0.05, 0) is 64.5 Å². The Labute approximate surface area is 247 Å². The Balaban J connectivity index is 1.43. The van der Waals surface area contributed by atoms with E-state index < -0.39 is 35.7 Å². The molecule has 0 radical (unpaired) electrons. The van der Waals surface area contributed by atoms with Crippen LogP contribution >= 0.6 is 31.9 Å². The van der Waals surface area contributed by atoms with Crippen LogP contribution in [0.5, 0.6) is 5.75 Å². The molecule has 0 bridgehead atoms. The van der Waals surface area contributed by atoms with Gasteiger partial charge < -0.3 is 9.64 Å². The number of anilines is 1. The summed E-state index contributed by atoms with van der Waals surface area (Å²) in [6.07, 6.45) is 5.05. The van der Waals surface area contributed by atoms with Gasteiger partial charge in [0.25, 0.3) is 0 Å². The number of halogens is 2. The Bertz CT molecular complexity index is 1620. The molecule has 0 unspecified atom stereocenters. The van der Waals surface area contributed by atoms with Gasteiger partial charge >= 0.3 is 0 Å². The van der Waals surface area contributed by atoms with E-state index in [2.05, 4.69) is 31.9 Å². The number of Topliss-reactive ketones (excluding diaryl/α,β-unsaturated/α-hetero) is 2. The zero-order chi connectivity index (χ0) is 28.1. The standard InChI is InChI=1S/C31H22Br2N2O5/c1-40-24-12-7-18(15-22(24)33)29(37)27-26-25(30(38)35(31(26)39)21-10-8-20(32)9-11-21)23-16-19(13-14-34(23)27)28(36)17-5-3-2-4-6-17/h2-16,23,25-27H,1H3/t23-,25+,26-,27+/m1/s1. The van der Waals surface area contributed by atoms with Crippen molar-refractivity contribution in [3.63, 3.8) is 0 Å².